The van der Waals surface area contributed by atoms with Crippen LogP contribution in [0.25, 0.3) is 11.3 Å². The fraction of sp³-hybridized carbons (Fsp3) is 0.111. The predicted molar refractivity (Wildman–Crippen MR) is 91.7 cm³/mol. The molecule has 0 bridgehead atoms. The molecule has 0 spiro atoms. The van der Waals surface area contributed by atoms with Gasteiger partial charge in [0.15, 0.2) is 5.82 Å². The number of rotatable bonds is 5. The number of hydrogen-bond donors (Lipinski definition) is 2. The van der Waals surface area contributed by atoms with Gasteiger partial charge in [0.2, 0.25) is 0 Å². The number of hydrogen-bond acceptors (Lipinski definition) is 4. The maximum Gasteiger partial charge on any atom is 0.573 e. The second-order valence-corrected chi connectivity index (χ2v) is 5.39. The van der Waals surface area contributed by atoms with Gasteiger partial charge in [0.05, 0.1) is 12.8 Å². The first kappa shape index (κ1) is 18.3. The Labute approximate surface area is 151 Å². The van der Waals surface area contributed by atoms with Gasteiger partial charge in [-0.05, 0) is 36.4 Å². The smallest absolute Gasteiger partial charge is 0.496 e. The van der Waals surface area contributed by atoms with Crippen LogP contribution in [-0.4, -0.2) is 29.6 Å². The van der Waals surface area contributed by atoms with E-state index in [9.17, 15) is 18.0 Å². The van der Waals surface area contributed by atoms with Crippen LogP contribution in [-0.2, 0) is 0 Å². The van der Waals surface area contributed by atoms with Crippen LogP contribution in [0.15, 0.2) is 54.6 Å². The van der Waals surface area contributed by atoms with E-state index in [1.807, 2.05) is 18.2 Å². The molecule has 0 unspecified atom stereocenters. The van der Waals surface area contributed by atoms with E-state index in [1.165, 1.54) is 12.1 Å². The Kier molecular flexibility index (Phi) is 5.02. The monoisotopic (exact) mass is 377 g/mol. The lowest BCUT2D eigenvalue weighted by molar-refractivity contribution is -0.274. The lowest BCUT2D eigenvalue weighted by atomic mass is 10.1. The summed E-state index contributed by atoms with van der Waals surface area (Å²) in [5.74, 6) is -0.0280. The number of nitrogens with zero attached hydrogens (tertiary/aromatic N) is 1. The summed E-state index contributed by atoms with van der Waals surface area (Å²) < 4.78 is 45.5. The number of H-pyrrole nitrogens is 1. The van der Waals surface area contributed by atoms with Gasteiger partial charge >= 0.3 is 6.36 Å². The third-order valence-electron chi connectivity index (χ3n) is 3.57. The number of alkyl halides is 3. The number of amides is 1. The van der Waals surface area contributed by atoms with Crippen LogP contribution in [0, 0.1) is 0 Å². The highest BCUT2D eigenvalue weighted by molar-refractivity contribution is 6.04. The molecule has 0 atom stereocenters. The molecule has 9 heteroatoms. The number of benzene rings is 2. The summed E-state index contributed by atoms with van der Waals surface area (Å²) in [4.78, 5) is 12.2. The average Bonchev–Trinajstić information content (AvgIpc) is 3.09. The molecule has 6 nitrogen and oxygen atoms in total. The van der Waals surface area contributed by atoms with Gasteiger partial charge in [-0.2, -0.15) is 5.10 Å². The second kappa shape index (κ2) is 7.40. The first-order chi connectivity index (χ1) is 12.9. The summed E-state index contributed by atoms with van der Waals surface area (Å²) in [6.07, 6.45) is -4.78. The topological polar surface area (TPSA) is 76.2 Å². The van der Waals surface area contributed by atoms with E-state index in [0.717, 1.165) is 17.7 Å². The largest absolute Gasteiger partial charge is 0.573 e. The zero-order chi connectivity index (χ0) is 19.4. The summed E-state index contributed by atoms with van der Waals surface area (Å²) in [7, 11) is 1.55. The molecule has 3 aromatic rings. The third-order valence-corrected chi connectivity index (χ3v) is 3.57. The van der Waals surface area contributed by atoms with E-state index >= 15 is 0 Å². The maximum atomic E-state index is 12.2. The molecule has 1 aromatic heterocycles. The van der Waals surface area contributed by atoms with Gasteiger partial charge in [-0.3, -0.25) is 9.89 Å². The first-order valence-corrected chi connectivity index (χ1v) is 7.71. The van der Waals surface area contributed by atoms with Crippen LogP contribution in [0.3, 0.4) is 0 Å². The molecule has 1 amide bonds. The molecule has 0 aliphatic rings. The molecule has 0 aliphatic heterocycles. The highest BCUT2D eigenvalue weighted by Crippen LogP contribution is 2.29. The second-order valence-electron chi connectivity index (χ2n) is 5.39. The molecule has 2 N–H and O–H groups in total. The van der Waals surface area contributed by atoms with Gasteiger partial charge in [-0.1, -0.05) is 12.1 Å². The van der Waals surface area contributed by atoms with Gasteiger partial charge in [-0.15, -0.1) is 13.2 Å². The number of methoxy groups -OCH3 is 1. The van der Waals surface area contributed by atoms with Crippen LogP contribution in [0.4, 0.5) is 19.0 Å². The van der Waals surface area contributed by atoms with E-state index in [2.05, 4.69) is 20.3 Å². The van der Waals surface area contributed by atoms with Crippen LogP contribution >= 0.6 is 0 Å². The zero-order valence-corrected chi connectivity index (χ0v) is 14.0. The fourth-order valence-corrected chi connectivity index (χ4v) is 2.39. The highest BCUT2D eigenvalue weighted by atomic mass is 19.4. The molecule has 0 fully saturated rings. The van der Waals surface area contributed by atoms with E-state index in [-0.39, 0.29) is 11.4 Å². The van der Waals surface area contributed by atoms with Crippen molar-refractivity contribution in [2.45, 2.75) is 6.36 Å². The quantitative estimate of drug-likeness (QED) is 0.698. The predicted octanol–water partition coefficient (Wildman–Crippen LogP) is 4.24. The van der Waals surface area contributed by atoms with Crippen molar-refractivity contribution in [1.82, 2.24) is 10.2 Å². The van der Waals surface area contributed by atoms with Crippen molar-refractivity contribution >= 4 is 11.7 Å². The van der Waals surface area contributed by atoms with E-state index < -0.39 is 18.0 Å². The van der Waals surface area contributed by atoms with Gasteiger partial charge in [0, 0.05) is 17.2 Å². The molecule has 0 radical (unpaired) electrons. The fourth-order valence-electron chi connectivity index (χ4n) is 2.39. The Morgan fingerprint density at radius 3 is 2.48 bits per heavy atom. The number of carbonyl (C=O) groups is 1. The number of aromatic amines is 1. The minimum atomic E-state index is -4.78. The maximum absolute atomic E-state index is 12.2. The van der Waals surface area contributed by atoms with Crippen molar-refractivity contribution in [3.63, 3.8) is 0 Å². The van der Waals surface area contributed by atoms with Gasteiger partial charge < -0.3 is 14.8 Å². The molecule has 0 saturated heterocycles. The Morgan fingerprint density at radius 1 is 1.11 bits per heavy atom. The average molecular weight is 377 g/mol. The van der Waals surface area contributed by atoms with E-state index in [4.69, 9.17) is 4.74 Å². The molecular weight excluding hydrogens is 363 g/mol. The van der Waals surface area contributed by atoms with Crippen molar-refractivity contribution in [3.8, 4) is 22.8 Å². The Hall–Kier alpha value is -3.49. The van der Waals surface area contributed by atoms with Gasteiger partial charge in [0.25, 0.3) is 5.91 Å². The van der Waals surface area contributed by atoms with Crippen molar-refractivity contribution in [3.05, 3.63) is 60.2 Å². The standard InChI is InChI=1S/C18H14F3N3O3/c1-26-15-5-3-2-4-13(15)14-10-16(24-23-14)22-17(25)11-6-8-12(9-7-11)27-18(19,20)21/h2-10H,1H3,(H2,22,23,24,25). The number of anilines is 1. The Balaban J connectivity index is 1.71. The van der Waals surface area contributed by atoms with Crippen LogP contribution in [0.2, 0.25) is 0 Å². The van der Waals surface area contributed by atoms with Crippen molar-refractivity contribution in [2.24, 2.45) is 0 Å². The molecule has 140 valence electrons. The molecule has 2 aromatic carbocycles. The number of aromatic nitrogens is 2. The minimum Gasteiger partial charge on any atom is -0.496 e. The summed E-state index contributed by atoms with van der Waals surface area (Å²) >= 11 is 0. The third kappa shape index (κ3) is 4.57. The van der Waals surface area contributed by atoms with Gasteiger partial charge in [-0.25, -0.2) is 0 Å². The number of carbonyl (C=O) groups excluding carboxylic acids is 1. The highest BCUT2D eigenvalue weighted by Gasteiger charge is 2.31. The SMILES string of the molecule is COc1ccccc1-c1cc(NC(=O)c2ccc(OC(F)(F)F)cc2)n[nH]1. The minimum absolute atomic E-state index is 0.159. The summed E-state index contributed by atoms with van der Waals surface area (Å²) in [5.41, 5.74) is 1.56. The van der Waals surface area contributed by atoms with Crippen LogP contribution < -0.4 is 14.8 Å². The molecule has 1 heterocycles. The normalized spacial score (nSPS) is 11.1. The molecule has 0 aliphatic carbocycles. The van der Waals surface area contributed by atoms with Crippen molar-refractivity contribution < 1.29 is 27.4 Å². The molecular formula is C18H14F3N3O3. The van der Waals surface area contributed by atoms with Gasteiger partial charge in [0.1, 0.15) is 11.5 Å². The Bertz CT molecular complexity index is 937. The number of halogens is 3. The first-order valence-electron chi connectivity index (χ1n) is 7.71. The number of para-hydroxylation sites is 1. The summed E-state index contributed by atoms with van der Waals surface area (Å²) in [6.45, 7) is 0. The lowest BCUT2D eigenvalue weighted by Crippen LogP contribution is -2.17. The van der Waals surface area contributed by atoms with Crippen LogP contribution in [0.5, 0.6) is 11.5 Å². The van der Waals surface area contributed by atoms with Crippen molar-refractivity contribution in [1.29, 1.82) is 0 Å². The number of ether oxygens (including phenoxy) is 2. The van der Waals surface area contributed by atoms with E-state index in [0.29, 0.717) is 11.4 Å². The summed E-state index contributed by atoms with van der Waals surface area (Å²) in [5, 5.41) is 9.38. The molecule has 3 rings (SSSR count). The Morgan fingerprint density at radius 2 is 1.81 bits per heavy atom. The number of nitrogens with one attached hydrogen (secondary N) is 2. The molecule has 0 saturated carbocycles. The van der Waals surface area contributed by atoms with Crippen molar-refractivity contribution in [2.75, 3.05) is 12.4 Å². The summed E-state index contributed by atoms with van der Waals surface area (Å²) in [6, 6.07) is 13.5. The zero-order valence-electron chi connectivity index (χ0n) is 14.0. The molecule has 27 heavy (non-hydrogen) atoms. The lowest BCUT2D eigenvalue weighted by Gasteiger charge is -2.09. The van der Waals surface area contributed by atoms with Crippen LogP contribution in [0.1, 0.15) is 10.4 Å². The van der Waals surface area contributed by atoms with E-state index in [1.54, 1.807) is 19.2 Å².